The van der Waals surface area contributed by atoms with E-state index in [1.165, 1.54) is 0 Å². The van der Waals surface area contributed by atoms with Gasteiger partial charge in [0, 0.05) is 0 Å². The van der Waals surface area contributed by atoms with E-state index in [0.717, 1.165) is 5.56 Å². The summed E-state index contributed by atoms with van der Waals surface area (Å²) in [5, 5.41) is 9.54. The molecule has 1 aromatic carbocycles. The lowest BCUT2D eigenvalue weighted by Gasteiger charge is -2.11. The number of quaternary nitrogens is 1. The smallest absolute Gasteiger partial charge is 0.130 e. The molecule has 0 spiro atoms. The van der Waals surface area contributed by atoms with E-state index >= 15 is 0 Å². The van der Waals surface area contributed by atoms with E-state index < -0.39 is 6.10 Å². The Balaban J connectivity index is 2.77. The summed E-state index contributed by atoms with van der Waals surface area (Å²) >= 11 is 0. The van der Waals surface area contributed by atoms with Crippen LogP contribution in [0.4, 0.5) is 0 Å². The molecule has 60 valence electrons. The third-order valence-corrected chi connectivity index (χ3v) is 1.68. The minimum Gasteiger partial charge on any atom is -0.382 e. The summed E-state index contributed by atoms with van der Waals surface area (Å²) in [6.07, 6.45) is -0.434. The lowest BCUT2D eigenvalue weighted by Crippen LogP contribution is -2.61. The second kappa shape index (κ2) is 3.51. The van der Waals surface area contributed by atoms with Crippen molar-refractivity contribution in [3.05, 3.63) is 35.9 Å². The maximum atomic E-state index is 9.54. The normalized spacial score (nSPS) is 15.9. The molecule has 0 unspecified atom stereocenters. The van der Waals surface area contributed by atoms with E-state index in [-0.39, 0.29) is 6.04 Å². The van der Waals surface area contributed by atoms with Crippen molar-refractivity contribution in [3.63, 3.8) is 0 Å². The molecule has 0 heterocycles. The topological polar surface area (TPSA) is 47.9 Å². The van der Waals surface area contributed by atoms with Crippen LogP contribution in [0.3, 0.4) is 0 Å². The summed E-state index contributed by atoms with van der Waals surface area (Å²) in [5.74, 6) is 0. The van der Waals surface area contributed by atoms with E-state index in [1.807, 2.05) is 37.3 Å². The van der Waals surface area contributed by atoms with Gasteiger partial charge in [-0.25, -0.2) is 0 Å². The largest absolute Gasteiger partial charge is 0.382 e. The predicted octanol–water partition coefficient (Wildman–Crippen LogP) is 0.350. The molecule has 0 fully saturated rings. The summed E-state index contributed by atoms with van der Waals surface area (Å²) in [6, 6.07) is 9.63. The molecule has 2 nitrogen and oxygen atoms in total. The molecule has 0 saturated carbocycles. The molecule has 1 aromatic rings. The van der Waals surface area contributed by atoms with Crippen LogP contribution in [0.2, 0.25) is 0 Å². The van der Waals surface area contributed by atoms with Crippen molar-refractivity contribution in [1.29, 1.82) is 0 Å². The Hall–Kier alpha value is -0.860. The predicted molar refractivity (Wildman–Crippen MR) is 43.8 cm³/mol. The number of hydrogen-bond donors (Lipinski definition) is 2. The summed E-state index contributed by atoms with van der Waals surface area (Å²) in [5.41, 5.74) is 4.70. The summed E-state index contributed by atoms with van der Waals surface area (Å²) < 4.78 is 0. The van der Waals surface area contributed by atoms with Crippen molar-refractivity contribution >= 4 is 0 Å². The van der Waals surface area contributed by atoms with Gasteiger partial charge in [0.1, 0.15) is 12.1 Å². The zero-order valence-corrected chi connectivity index (χ0v) is 6.70. The Morgan fingerprint density at radius 1 is 1.27 bits per heavy atom. The molecule has 0 saturated heterocycles. The van der Waals surface area contributed by atoms with Gasteiger partial charge in [0.05, 0.1) is 0 Å². The molecular formula is C9H14NO+. The highest BCUT2D eigenvalue weighted by molar-refractivity contribution is 5.17. The van der Waals surface area contributed by atoms with Gasteiger partial charge in [0.15, 0.2) is 0 Å². The number of aliphatic hydroxyl groups is 1. The van der Waals surface area contributed by atoms with E-state index in [0.29, 0.717) is 0 Å². The van der Waals surface area contributed by atoms with Crippen molar-refractivity contribution in [2.24, 2.45) is 0 Å². The first kappa shape index (κ1) is 8.24. The average molecular weight is 152 g/mol. The van der Waals surface area contributed by atoms with Gasteiger partial charge in [-0.05, 0) is 12.5 Å². The van der Waals surface area contributed by atoms with Crippen LogP contribution < -0.4 is 5.73 Å². The number of aliphatic hydroxyl groups excluding tert-OH is 1. The standard InChI is InChI=1S/C9H13NO/c1-7(10)9(11)8-5-3-2-4-6-8/h2-7,9,11H,10H2,1H3/p+1/t7-,9-/m1/s1. The molecule has 0 aromatic heterocycles. The third-order valence-electron chi connectivity index (χ3n) is 1.68. The first-order chi connectivity index (χ1) is 5.22. The van der Waals surface area contributed by atoms with Crippen molar-refractivity contribution in [1.82, 2.24) is 0 Å². The fraction of sp³-hybridized carbons (Fsp3) is 0.333. The highest BCUT2D eigenvalue weighted by atomic mass is 16.3. The van der Waals surface area contributed by atoms with Gasteiger partial charge in [0.2, 0.25) is 0 Å². The molecule has 0 aliphatic rings. The minimum atomic E-state index is -0.434. The summed E-state index contributed by atoms with van der Waals surface area (Å²) in [4.78, 5) is 0. The number of benzene rings is 1. The van der Waals surface area contributed by atoms with Gasteiger partial charge >= 0.3 is 0 Å². The molecule has 0 aliphatic carbocycles. The SMILES string of the molecule is C[C@@H]([NH3+])[C@@H](O)c1ccccc1. The Morgan fingerprint density at radius 2 is 1.82 bits per heavy atom. The molecule has 2 atom stereocenters. The second-order valence-corrected chi connectivity index (χ2v) is 2.83. The molecule has 0 bridgehead atoms. The summed E-state index contributed by atoms with van der Waals surface area (Å²) in [6.45, 7) is 1.90. The quantitative estimate of drug-likeness (QED) is 0.631. The van der Waals surface area contributed by atoms with Crippen LogP contribution in [0.15, 0.2) is 30.3 Å². The Bertz CT molecular complexity index is 208. The minimum absolute atomic E-state index is 0.0393. The fourth-order valence-corrected chi connectivity index (χ4v) is 0.979. The number of hydrogen-bond acceptors (Lipinski definition) is 1. The van der Waals surface area contributed by atoms with Crippen LogP contribution >= 0.6 is 0 Å². The molecule has 0 aliphatic heterocycles. The zero-order chi connectivity index (χ0) is 8.27. The first-order valence-corrected chi connectivity index (χ1v) is 3.78. The Labute approximate surface area is 66.7 Å². The van der Waals surface area contributed by atoms with Gasteiger partial charge in [-0.15, -0.1) is 0 Å². The zero-order valence-electron chi connectivity index (χ0n) is 6.70. The number of rotatable bonds is 2. The third kappa shape index (κ3) is 2.03. The molecule has 2 heteroatoms. The van der Waals surface area contributed by atoms with Crippen LogP contribution in [-0.2, 0) is 0 Å². The van der Waals surface area contributed by atoms with Crippen LogP contribution in [0.5, 0.6) is 0 Å². The first-order valence-electron chi connectivity index (χ1n) is 3.78. The average Bonchev–Trinajstić information content (AvgIpc) is 2.05. The lowest BCUT2D eigenvalue weighted by molar-refractivity contribution is -0.433. The molecule has 0 amide bonds. The van der Waals surface area contributed by atoms with Crippen molar-refractivity contribution in [2.45, 2.75) is 19.1 Å². The summed E-state index contributed by atoms with van der Waals surface area (Å²) in [7, 11) is 0. The van der Waals surface area contributed by atoms with E-state index in [9.17, 15) is 5.11 Å². The van der Waals surface area contributed by atoms with Crippen LogP contribution in [0.25, 0.3) is 0 Å². The van der Waals surface area contributed by atoms with Gasteiger partial charge in [-0.3, -0.25) is 0 Å². The second-order valence-electron chi connectivity index (χ2n) is 2.83. The van der Waals surface area contributed by atoms with Crippen LogP contribution in [0.1, 0.15) is 18.6 Å². The molecule has 4 N–H and O–H groups in total. The maximum absolute atomic E-state index is 9.54. The Morgan fingerprint density at radius 3 is 2.27 bits per heavy atom. The van der Waals surface area contributed by atoms with Crippen molar-refractivity contribution < 1.29 is 10.8 Å². The van der Waals surface area contributed by atoms with E-state index in [4.69, 9.17) is 0 Å². The fourth-order valence-electron chi connectivity index (χ4n) is 0.979. The Kier molecular flexibility index (Phi) is 2.63. The van der Waals surface area contributed by atoms with Crippen LogP contribution in [0, 0.1) is 0 Å². The highest BCUT2D eigenvalue weighted by Crippen LogP contribution is 2.12. The van der Waals surface area contributed by atoms with E-state index in [2.05, 4.69) is 5.73 Å². The molecule has 0 radical (unpaired) electrons. The van der Waals surface area contributed by atoms with Crippen LogP contribution in [-0.4, -0.2) is 11.1 Å². The van der Waals surface area contributed by atoms with Gasteiger partial charge in [-0.1, -0.05) is 30.3 Å². The van der Waals surface area contributed by atoms with Crippen molar-refractivity contribution in [3.8, 4) is 0 Å². The van der Waals surface area contributed by atoms with Gasteiger partial charge in [0.25, 0.3) is 0 Å². The van der Waals surface area contributed by atoms with E-state index in [1.54, 1.807) is 0 Å². The van der Waals surface area contributed by atoms with Gasteiger partial charge in [-0.2, -0.15) is 0 Å². The molecule has 11 heavy (non-hydrogen) atoms. The molecule has 1 rings (SSSR count). The highest BCUT2D eigenvalue weighted by Gasteiger charge is 2.13. The van der Waals surface area contributed by atoms with Crippen molar-refractivity contribution in [2.75, 3.05) is 0 Å². The monoisotopic (exact) mass is 152 g/mol. The maximum Gasteiger partial charge on any atom is 0.130 e. The molecular weight excluding hydrogens is 138 g/mol. The van der Waals surface area contributed by atoms with Gasteiger partial charge < -0.3 is 10.8 Å². The lowest BCUT2D eigenvalue weighted by atomic mass is 10.0.